The average Bonchev–Trinajstić information content (AvgIpc) is 3.14. The third-order valence-electron chi connectivity index (χ3n) is 3.48. The molecule has 3 rings (SSSR count). The molecule has 23 heavy (non-hydrogen) atoms. The van der Waals surface area contributed by atoms with Gasteiger partial charge in [-0.15, -0.1) is 0 Å². The van der Waals surface area contributed by atoms with Crippen molar-refractivity contribution in [1.82, 2.24) is 19.9 Å². The van der Waals surface area contributed by atoms with Crippen LogP contribution in [-0.2, 0) is 23.3 Å². The molecule has 0 saturated heterocycles. The van der Waals surface area contributed by atoms with Crippen LogP contribution in [0.25, 0.3) is 11.6 Å². The number of aromatic nitrogens is 4. The number of rotatable bonds is 5. The highest BCUT2D eigenvalue weighted by Gasteiger charge is 2.17. The van der Waals surface area contributed by atoms with Crippen LogP contribution in [0.1, 0.15) is 11.4 Å². The summed E-state index contributed by atoms with van der Waals surface area (Å²) >= 11 is 0. The molecule has 2 heterocycles. The van der Waals surface area contributed by atoms with E-state index < -0.39 is 9.84 Å². The van der Waals surface area contributed by atoms with Crippen molar-refractivity contribution in [2.24, 2.45) is 7.05 Å². The van der Waals surface area contributed by atoms with Gasteiger partial charge in [0.2, 0.25) is 0 Å². The number of hydrogen-bond donors (Lipinski definition) is 0. The van der Waals surface area contributed by atoms with Crippen LogP contribution >= 0.6 is 0 Å². The largest absolute Gasteiger partial charge is 0.332 e. The van der Waals surface area contributed by atoms with Crippen molar-refractivity contribution in [2.45, 2.75) is 18.2 Å². The molecule has 0 bridgehead atoms. The first-order valence-corrected chi connectivity index (χ1v) is 8.71. The zero-order valence-corrected chi connectivity index (χ0v) is 13.6. The predicted molar refractivity (Wildman–Crippen MR) is 83.4 cm³/mol. The van der Waals surface area contributed by atoms with Crippen molar-refractivity contribution in [2.75, 3.05) is 5.75 Å². The van der Waals surface area contributed by atoms with Crippen molar-refractivity contribution in [3.8, 4) is 11.6 Å². The van der Waals surface area contributed by atoms with Gasteiger partial charge in [0, 0.05) is 19.7 Å². The SMILES string of the molecule is Cc1ccc(S(=O)(=O)CCc2noc(-c3ccnn3C)n2)cc1. The lowest BCUT2D eigenvalue weighted by Gasteiger charge is -2.03. The van der Waals surface area contributed by atoms with Gasteiger partial charge in [-0.2, -0.15) is 10.1 Å². The molecule has 3 aromatic rings. The Hall–Kier alpha value is -2.48. The van der Waals surface area contributed by atoms with E-state index in [0.717, 1.165) is 5.56 Å². The summed E-state index contributed by atoms with van der Waals surface area (Å²) in [6, 6.07) is 8.54. The first kappa shape index (κ1) is 15.4. The maximum atomic E-state index is 12.3. The van der Waals surface area contributed by atoms with Crippen molar-refractivity contribution >= 4 is 9.84 Å². The third-order valence-corrected chi connectivity index (χ3v) is 5.21. The van der Waals surface area contributed by atoms with Crippen LogP contribution in [0.15, 0.2) is 45.9 Å². The van der Waals surface area contributed by atoms with Gasteiger partial charge in [0.1, 0.15) is 5.69 Å². The van der Waals surface area contributed by atoms with Crippen LogP contribution in [0.3, 0.4) is 0 Å². The lowest BCUT2D eigenvalue weighted by Crippen LogP contribution is -2.10. The minimum absolute atomic E-state index is 0.0690. The van der Waals surface area contributed by atoms with Gasteiger partial charge < -0.3 is 4.52 Å². The highest BCUT2D eigenvalue weighted by atomic mass is 32.2. The van der Waals surface area contributed by atoms with Gasteiger partial charge >= 0.3 is 0 Å². The maximum Gasteiger partial charge on any atom is 0.276 e. The van der Waals surface area contributed by atoms with Crippen molar-refractivity contribution in [3.05, 3.63) is 47.9 Å². The zero-order chi connectivity index (χ0) is 16.4. The summed E-state index contributed by atoms with van der Waals surface area (Å²) in [7, 11) is -1.60. The minimum Gasteiger partial charge on any atom is -0.332 e. The van der Waals surface area contributed by atoms with Gasteiger partial charge in [0.15, 0.2) is 15.7 Å². The van der Waals surface area contributed by atoms with E-state index in [1.54, 1.807) is 48.3 Å². The fourth-order valence-electron chi connectivity index (χ4n) is 2.13. The normalized spacial score (nSPS) is 11.7. The van der Waals surface area contributed by atoms with Crippen LogP contribution in [0.2, 0.25) is 0 Å². The van der Waals surface area contributed by atoms with Gasteiger partial charge in [-0.25, -0.2) is 8.42 Å². The molecule has 0 saturated carbocycles. The van der Waals surface area contributed by atoms with E-state index in [1.165, 1.54) is 0 Å². The summed E-state index contributed by atoms with van der Waals surface area (Å²) in [5.74, 6) is 0.616. The summed E-state index contributed by atoms with van der Waals surface area (Å²) in [4.78, 5) is 4.53. The van der Waals surface area contributed by atoms with Crippen LogP contribution in [0, 0.1) is 6.92 Å². The molecule has 1 aromatic carbocycles. The van der Waals surface area contributed by atoms with Gasteiger partial charge in [-0.05, 0) is 25.1 Å². The van der Waals surface area contributed by atoms with Crippen LogP contribution in [-0.4, -0.2) is 34.1 Å². The Bertz CT molecular complexity index is 910. The lowest BCUT2D eigenvalue weighted by atomic mass is 10.2. The number of benzene rings is 1. The van der Waals surface area contributed by atoms with Gasteiger partial charge in [0.05, 0.1) is 10.6 Å². The fraction of sp³-hybridized carbons (Fsp3) is 0.267. The Morgan fingerprint density at radius 3 is 2.57 bits per heavy atom. The highest BCUT2D eigenvalue weighted by Crippen LogP contribution is 2.17. The summed E-state index contributed by atoms with van der Waals surface area (Å²) in [6.07, 6.45) is 1.82. The van der Waals surface area contributed by atoms with Crippen LogP contribution in [0.5, 0.6) is 0 Å². The Labute approximate surface area is 133 Å². The second kappa shape index (κ2) is 5.96. The molecule has 8 heteroatoms. The molecule has 0 spiro atoms. The van der Waals surface area contributed by atoms with Gasteiger partial charge in [-0.1, -0.05) is 22.9 Å². The molecule has 120 valence electrons. The first-order valence-electron chi connectivity index (χ1n) is 7.06. The van der Waals surface area contributed by atoms with Crippen molar-refractivity contribution in [1.29, 1.82) is 0 Å². The molecule has 0 N–H and O–H groups in total. The van der Waals surface area contributed by atoms with E-state index >= 15 is 0 Å². The second-order valence-corrected chi connectivity index (χ2v) is 7.35. The van der Waals surface area contributed by atoms with E-state index in [0.29, 0.717) is 22.3 Å². The summed E-state index contributed by atoms with van der Waals surface area (Å²) in [5.41, 5.74) is 1.70. The molecule has 2 aromatic heterocycles. The fourth-order valence-corrected chi connectivity index (χ4v) is 3.37. The number of sulfone groups is 1. The van der Waals surface area contributed by atoms with E-state index in [2.05, 4.69) is 15.2 Å². The Morgan fingerprint density at radius 1 is 1.17 bits per heavy atom. The molecule has 0 atom stereocenters. The Balaban J connectivity index is 1.72. The predicted octanol–water partition coefficient (Wildman–Crippen LogP) is 1.79. The molecule has 0 radical (unpaired) electrons. The molecule has 7 nitrogen and oxygen atoms in total. The molecule has 0 aliphatic heterocycles. The quantitative estimate of drug-likeness (QED) is 0.707. The lowest BCUT2D eigenvalue weighted by molar-refractivity contribution is 0.420. The van der Waals surface area contributed by atoms with E-state index in [-0.39, 0.29) is 12.2 Å². The molecular formula is C15H16N4O3S. The van der Waals surface area contributed by atoms with Gasteiger partial charge in [-0.3, -0.25) is 4.68 Å². The smallest absolute Gasteiger partial charge is 0.276 e. The Morgan fingerprint density at radius 2 is 1.91 bits per heavy atom. The highest BCUT2D eigenvalue weighted by molar-refractivity contribution is 7.91. The van der Waals surface area contributed by atoms with Crippen molar-refractivity contribution < 1.29 is 12.9 Å². The standard InChI is InChI=1S/C15H16N4O3S/c1-11-3-5-12(6-4-11)23(20,21)10-8-14-17-15(22-18-14)13-7-9-16-19(13)2/h3-7,9H,8,10H2,1-2H3. The summed E-state index contributed by atoms with van der Waals surface area (Å²) in [5, 5.41) is 7.86. The van der Waals surface area contributed by atoms with E-state index in [1.807, 2.05) is 6.92 Å². The zero-order valence-electron chi connectivity index (χ0n) is 12.8. The van der Waals surface area contributed by atoms with Gasteiger partial charge in [0.25, 0.3) is 5.89 Å². The average molecular weight is 332 g/mol. The number of nitrogens with zero attached hydrogens (tertiary/aromatic N) is 4. The molecule has 0 fully saturated rings. The number of hydrogen-bond acceptors (Lipinski definition) is 6. The number of aryl methyl sites for hydroxylation is 3. The molecular weight excluding hydrogens is 316 g/mol. The first-order chi connectivity index (χ1) is 11.0. The van der Waals surface area contributed by atoms with Crippen LogP contribution in [0.4, 0.5) is 0 Å². The maximum absolute atomic E-state index is 12.3. The van der Waals surface area contributed by atoms with Crippen molar-refractivity contribution in [3.63, 3.8) is 0 Å². The third kappa shape index (κ3) is 3.31. The minimum atomic E-state index is -3.37. The van der Waals surface area contributed by atoms with E-state index in [4.69, 9.17) is 4.52 Å². The molecule has 0 amide bonds. The molecule has 0 aliphatic rings. The topological polar surface area (TPSA) is 90.9 Å². The summed E-state index contributed by atoms with van der Waals surface area (Å²) in [6.45, 7) is 1.91. The Kier molecular flexibility index (Phi) is 3.99. The summed E-state index contributed by atoms with van der Waals surface area (Å²) < 4.78 is 31.4. The van der Waals surface area contributed by atoms with Crippen LogP contribution < -0.4 is 0 Å². The second-order valence-electron chi connectivity index (χ2n) is 5.24. The molecule has 0 unspecified atom stereocenters. The monoisotopic (exact) mass is 332 g/mol. The van der Waals surface area contributed by atoms with E-state index in [9.17, 15) is 8.42 Å². The molecule has 0 aliphatic carbocycles.